The number of carbonyl (C=O) groups is 4. The maximum atomic E-state index is 12.3. The van der Waals surface area contributed by atoms with Crippen molar-refractivity contribution in [1.29, 1.82) is 0 Å². The van der Waals surface area contributed by atoms with Crippen LogP contribution in [0.25, 0.3) is 0 Å². The first-order valence-corrected chi connectivity index (χ1v) is 12.3. The molecule has 196 valence electrons. The van der Waals surface area contributed by atoms with Crippen molar-refractivity contribution in [2.24, 2.45) is 0 Å². The quantitative estimate of drug-likeness (QED) is 0.186. The largest absolute Gasteiger partial charge is 0.480 e. The molecule has 0 radical (unpaired) electrons. The highest BCUT2D eigenvalue weighted by Gasteiger charge is 2.21. The summed E-state index contributed by atoms with van der Waals surface area (Å²) in [5.74, 6) is -2.17. The van der Waals surface area contributed by atoms with Gasteiger partial charge in [-0.15, -0.1) is 0 Å². The van der Waals surface area contributed by atoms with Crippen LogP contribution in [0.2, 0.25) is 0 Å². The smallest absolute Gasteiger partial charge is 0.321 e. The van der Waals surface area contributed by atoms with E-state index in [1.165, 1.54) is 19.1 Å². The Morgan fingerprint density at radius 2 is 1.49 bits per heavy atom. The van der Waals surface area contributed by atoms with Crippen molar-refractivity contribution in [1.82, 2.24) is 5.32 Å². The average molecular weight is 494 g/mol. The molecule has 9 heteroatoms. The molecule has 9 nitrogen and oxygen atoms in total. The lowest BCUT2D eigenvalue weighted by molar-refractivity contribution is -0.145. The lowest BCUT2D eigenvalue weighted by atomic mass is 10.0. The summed E-state index contributed by atoms with van der Waals surface area (Å²) < 4.78 is 16.0. The monoisotopic (exact) mass is 493 g/mol. The molecule has 1 aromatic carbocycles. The number of benzene rings is 1. The Morgan fingerprint density at radius 1 is 0.914 bits per heavy atom. The van der Waals surface area contributed by atoms with Crippen LogP contribution < -0.4 is 14.8 Å². The van der Waals surface area contributed by atoms with Crippen LogP contribution in [0.1, 0.15) is 84.6 Å². The predicted octanol–water partition coefficient (Wildman–Crippen LogP) is 4.19. The Morgan fingerprint density at radius 3 is 2.00 bits per heavy atom. The minimum atomic E-state index is -1.08. The maximum absolute atomic E-state index is 12.3. The third-order valence-corrected chi connectivity index (χ3v) is 5.18. The van der Waals surface area contributed by atoms with Crippen LogP contribution in [0.15, 0.2) is 18.2 Å². The zero-order valence-electron chi connectivity index (χ0n) is 21.3. The third-order valence-electron chi connectivity index (χ3n) is 5.18. The van der Waals surface area contributed by atoms with E-state index in [1.807, 2.05) is 13.8 Å². The second kappa shape index (κ2) is 16.6. The number of carboxylic acid groups (broad SMARTS) is 1. The second-order valence-corrected chi connectivity index (χ2v) is 8.57. The summed E-state index contributed by atoms with van der Waals surface area (Å²) in [4.78, 5) is 47.4. The lowest BCUT2D eigenvalue weighted by Gasteiger charge is -2.19. The number of hydrogen-bond donors (Lipinski definition) is 2. The highest BCUT2D eigenvalue weighted by Crippen LogP contribution is 2.30. The summed E-state index contributed by atoms with van der Waals surface area (Å²) in [6, 6.07) is 3.71. The van der Waals surface area contributed by atoms with Gasteiger partial charge in [0.1, 0.15) is 12.1 Å². The molecule has 2 N–H and O–H groups in total. The Labute approximate surface area is 207 Å². The Hall–Kier alpha value is -2.94. The standard InChI is InChI=1S/C26H39NO8/c1-5-7-9-11-24(29)34-22-14-13-20(16-23(22)35-25(30)12-10-8-6-2)15-21(26(31)32)27-17-18(3)33-19(4)28/h13-14,16,18,21,27H,5-12,15,17H2,1-4H3,(H,31,32)/t18?,21-/m0/s1. The highest BCUT2D eigenvalue weighted by atomic mass is 16.6. The van der Waals surface area contributed by atoms with E-state index in [4.69, 9.17) is 14.2 Å². The van der Waals surface area contributed by atoms with Crippen molar-refractivity contribution in [2.75, 3.05) is 6.54 Å². The molecule has 1 unspecified atom stereocenters. The summed E-state index contributed by atoms with van der Waals surface area (Å²) in [6.07, 6.45) is 5.20. The van der Waals surface area contributed by atoms with E-state index < -0.39 is 36.0 Å². The van der Waals surface area contributed by atoms with Crippen LogP contribution in [0.4, 0.5) is 0 Å². The normalized spacial score (nSPS) is 12.5. The summed E-state index contributed by atoms with van der Waals surface area (Å²) in [5, 5.41) is 12.5. The van der Waals surface area contributed by atoms with Gasteiger partial charge in [-0.3, -0.25) is 19.2 Å². The van der Waals surface area contributed by atoms with Gasteiger partial charge in [0.2, 0.25) is 0 Å². The molecule has 0 aliphatic carbocycles. The Bertz CT molecular complexity index is 839. The van der Waals surface area contributed by atoms with Crippen LogP contribution in [-0.2, 0) is 30.3 Å². The van der Waals surface area contributed by atoms with E-state index in [0.29, 0.717) is 18.4 Å². The molecular weight excluding hydrogens is 454 g/mol. The fraction of sp³-hybridized carbons (Fsp3) is 0.615. The number of rotatable bonds is 17. The van der Waals surface area contributed by atoms with E-state index >= 15 is 0 Å². The molecule has 1 rings (SSSR count). The molecule has 0 spiro atoms. The van der Waals surface area contributed by atoms with E-state index in [9.17, 15) is 24.3 Å². The summed E-state index contributed by atoms with van der Waals surface area (Å²) in [6.45, 7) is 7.17. The summed E-state index contributed by atoms with van der Waals surface area (Å²) >= 11 is 0. The van der Waals surface area contributed by atoms with Gasteiger partial charge in [-0.1, -0.05) is 45.6 Å². The molecule has 0 heterocycles. The van der Waals surface area contributed by atoms with Gasteiger partial charge < -0.3 is 24.6 Å². The minimum Gasteiger partial charge on any atom is -0.480 e. The van der Waals surface area contributed by atoms with Gasteiger partial charge in [0, 0.05) is 26.3 Å². The number of unbranched alkanes of at least 4 members (excludes halogenated alkanes) is 4. The molecule has 1 aromatic rings. The van der Waals surface area contributed by atoms with E-state index in [-0.39, 0.29) is 37.3 Å². The van der Waals surface area contributed by atoms with Gasteiger partial charge in [-0.2, -0.15) is 0 Å². The maximum Gasteiger partial charge on any atom is 0.321 e. The van der Waals surface area contributed by atoms with Gasteiger partial charge in [0.05, 0.1) is 0 Å². The number of esters is 3. The first-order valence-electron chi connectivity index (χ1n) is 12.3. The van der Waals surface area contributed by atoms with Crippen molar-refractivity contribution in [2.45, 2.75) is 97.6 Å². The van der Waals surface area contributed by atoms with Crippen LogP contribution >= 0.6 is 0 Å². The summed E-state index contributed by atoms with van der Waals surface area (Å²) in [7, 11) is 0. The first kappa shape index (κ1) is 30.1. The molecule has 2 atom stereocenters. The van der Waals surface area contributed by atoms with Crippen molar-refractivity contribution >= 4 is 23.9 Å². The molecule has 0 aliphatic rings. The van der Waals surface area contributed by atoms with Crippen LogP contribution in [0, 0.1) is 0 Å². The second-order valence-electron chi connectivity index (χ2n) is 8.57. The molecule has 0 amide bonds. The van der Waals surface area contributed by atoms with Gasteiger partial charge >= 0.3 is 23.9 Å². The predicted molar refractivity (Wildman–Crippen MR) is 130 cm³/mol. The number of carbonyl (C=O) groups excluding carboxylic acids is 3. The number of hydrogen-bond acceptors (Lipinski definition) is 8. The molecule has 0 aromatic heterocycles. The van der Waals surface area contributed by atoms with E-state index in [2.05, 4.69) is 5.32 Å². The number of carboxylic acids is 1. The molecule has 0 bridgehead atoms. The molecule has 0 aliphatic heterocycles. The average Bonchev–Trinajstić information content (AvgIpc) is 2.78. The third kappa shape index (κ3) is 12.9. The van der Waals surface area contributed by atoms with Gasteiger partial charge in [0.15, 0.2) is 11.5 Å². The number of aliphatic carboxylic acids is 1. The van der Waals surface area contributed by atoms with Gasteiger partial charge in [0.25, 0.3) is 0 Å². The first-order chi connectivity index (χ1) is 16.7. The fourth-order valence-electron chi connectivity index (χ4n) is 3.35. The van der Waals surface area contributed by atoms with Crippen molar-refractivity contribution in [3.05, 3.63) is 23.8 Å². The number of ether oxygens (including phenoxy) is 3. The topological polar surface area (TPSA) is 128 Å². The van der Waals surface area contributed by atoms with Crippen molar-refractivity contribution < 1.29 is 38.5 Å². The SMILES string of the molecule is CCCCCC(=O)Oc1ccc(C[C@H](NCC(C)OC(C)=O)C(=O)O)cc1OC(=O)CCCCC. The van der Waals surface area contributed by atoms with Crippen molar-refractivity contribution in [3.8, 4) is 11.5 Å². The molecule has 0 saturated carbocycles. The highest BCUT2D eigenvalue weighted by molar-refractivity contribution is 5.77. The van der Waals surface area contributed by atoms with Crippen molar-refractivity contribution in [3.63, 3.8) is 0 Å². The zero-order chi connectivity index (χ0) is 26.2. The van der Waals surface area contributed by atoms with E-state index in [1.54, 1.807) is 13.0 Å². The molecule has 0 fully saturated rings. The fourth-order valence-corrected chi connectivity index (χ4v) is 3.35. The van der Waals surface area contributed by atoms with Crippen LogP contribution in [-0.4, -0.2) is 47.7 Å². The zero-order valence-corrected chi connectivity index (χ0v) is 21.3. The lowest BCUT2D eigenvalue weighted by Crippen LogP contribution is -2.42. The van der Waals surface area contributed by atoms with Crippen LogP contribution in [0.5, 0.6) is 11.5 Å². The molecule has 0 saturated heterocycles. The van der Waals surface area contributed by atoms with Crippen LogP contribution in [0.3, 0.4) is 0 Å². The van der Waals surface area contributed by atoms with Gasteiger partial charge in [-0.25, -0.2) is 0 Å². The number of nitrogens with one attached hydrogen (secondary N) is 1. The molecule has 35 heavy (non-hydrogen) atoms. The minimum absolute atomic E-state index is 0.0766. The summed E-state index contributed by atoms with van der Waals surface area (Å²) in [5.41, 5.74) is 0.576. The Balaban J connectivity index is 2.99. The van der Waals surface area contributed by atoms with E-state index in [0.717, 1.165) is 25.7 Å². The Kier molecular flexibility index (Phi) is 14.3. The molecular formula is C26H39NO8. The van der Waals surface area contributed by atoms with Gasteiger partial charge in [-0.05, 0) is 43.9 Å².